The molecule has 0 fully saturated rings. The Morgan fingerprint density at radius 2 is 1.83 bits per heavy atom. The van der Waals surface area contributed by atoms with E-state index in [2.05, 4.69) is 13.2 Å². The molecule has 68 valence electrons. The maximum Gasteiger partial charge on any atom is 0.162 e. The van der Waals surface area contributed by atoms with Crippen molar-refractivity contribution in [2.75, 3.05) is 0 Å². The SMILES string of the molecule is C=C/C=C(\C=C)C(=O)CC.CC. The Hall–Kier alpha value is -1.11. The van der Waals surface area contributed by atoms with E-state index in [1.165, 1.54) is 0 Å². The minimum Gasteiger partial charge on any atom is -0.294 e. The van der Waals surface area contributed by atoms with Crippen LogP contribution in [0.25, 0.3) is 0 Å². The highest BCUT2D eigenvalue weighted by atomic mass is 16.1. The Bertz CT molecular complexity index is 175. The summed E-state index contributed by atoms with van der Waals surface area (Å²) in [4.78, 5) is 10.9. The molecule has 0 amide bonds. The second kappa shape index (κ2) is 9.89. The van der Waals surface area contributed by atoms with Crippen molar-refractivity contribution in [3.63, 3.8) is 0 Å². The molecule has 0 saturated heterocycles. The van der Waals surface area contributed by atoms with Gasteiger partial charge in [0.15, 0.2) is 5.78 Å². The zero-order chi connectivity index (χ0) is 9.98. The lowest BCUT2D eigenvalue weighted by Crippen LogP contribution is -1.96. The first kappa shape index (κ1) is 13.5. The summed E-state index contributed by atoms with van der Waals surface area (Å²) in [6, 6.07) is 0. The van der Waals surface area contributed by atoms with E-state index in [9.17, 15) is 4.79 Å². The smallest absolute Gasteiger partial charge is 0.162 e. The first-order chi connectivity index (χ1) is 5.76. The Morgan fingerprint density at radius 3 is 2.08 bits per heavy atom. The fourth-order valence-electron chi connectivity index (χ4n) is 0.606. The van der Waals surface area contributed by atoms with Crippen LogP contribution in [0.3, 0.4) is 0 Å². The first-order valence-corrected chi connectivity index (χ1v) is 4.24. The van der Waals surface area contributed by atoms with Crippen LogP contribution in [-0.2, 0) is 4.79 Å². The third-order valence-corrected chi connectivity index (χ3v) is 1.16. The monoisotopic (exact) mass is 166 g/mol. The molecule has 0 radical (unpaired) electrons. The van der Waals surface area contributed by atoms with Crippen LogP contribution in [0.2, 0.25) is 0 Å². The van der Waals surface area contributed by atoms with E-state index in [4.69, 9.17) is 0 Å². The van der Waals surface area contributed by atoms with E-state index >= 15 is 0 Å². The molecule has 0 aromatic carbocycles. The molecule has 12 heavy (non-hydrogen) atoms. The van der Waals surface area contributed by atoms with E-state index < -0.39 is 0 Å². The lowest BCUT2D eigenvalue weighted by Gasteiger charge is -1.93. The molecular formula is C11H18O. The number of hydrogen-bond donors (Lipinski definition) is 0. The zero-order valence-electron chi connectivity index (χ0n) is 8.26. The van der Waals surface area contributed by atoms with Gasteiger partial charge in [0.25, 0.3) is 0 Å². The highest BCUT2D eigenvalue weighted by Gasteiger charge is 1.99. The third-order valence-electron chi connectivity index (χ3n) is 1.16. The van der Waals surface area contributed by atoms with Crippen LogP contribution < -0.4 is 0 Å². The summed E-state index contributed by atoms with van der Waals surface area (Å²) < 4.78 is 0. The molecular weight excluding hydrogens is 148 g/mol. The predicted molar refractivity (Wildman–Crippen MR) is 55.1 cm³/mol. The number of allylic oxidation sites excluding steroid dienone is 4. The summed E-state index contributed by atoms with van der Waals surface area (Å²) in [7, 11) is 0. The van der Waals surface area contributed by atoms with Crippen LogP contribution in [0.4, 0.5) is 0 Å². The van der Waals surface area contributed by atoms with Crippen LogP contribution in [0, 0.1) is 0 Å². The molecule has 0 saturated carbocycles. The predicted octanol–water partition coefficient (Wildman–Crippen LogP) is 3.29. The Labute approximate surface area is 75.5 Å². The average molecular weight is 166 g/mol. The second-order valence-corrected chi connectivity index (χ2v) is 1.84. The number of carbonyl (C=O) groups is 1. The summed E-state index contributed by atoms with van der Waals surface area (Å²) in [5.41, 5.74) is 0.637. The highest BCUT2D eigenvalue weighted by molar-refractivity contribution is 5.97. The lowest BCUT2D eigenvalue weighted by atomic mass is 10.1. The van der Waals surface area contributed by atoms with Crippen molar-refractivity contribution in [3.05, 3.63) is 37.0 Å². The van der Waals surface area contributed by atoms with Crippen molar-refractivity contribution in [2.24, 2.45) is 0 Å². The van der Waals surface area contributed by atoms with Crippen molar-refractivity contribution in [2.45, 2.75) is 27.2 Å². The van der Waals surface area contributed by atoms with Crippen LogP contribution in [-0.4, -0.2) is 5.78 Å². The van der Waals surface area contributed by atoms with E-state index in [-0.39, 0.29) is 5.78 Å². The van der Waals surface area contributed by atoms with Gasteiger partial charge >= 0.3 is 0 Å². The summed E-state index contributed by atoms with van der Waals surface area (Å²) in [5.74, 6) is 0.106. The lowest BCUT2D eigenvalue weighted by molar-refractivity contribution is -0.114. The molecule has 0 aromatic heterocycles. The zero-order valence-corrected chi connectivity index (χ0v) is 8.26. The van der Waals surface area contributed by atoms with Crippen molar-refractivity contribution in [3.8, 4) is 0 Å². The topological polar surface area (TPSA) is 17.1 Å². The fourth-order valence-corrected chi connectivity index (χ4v) is 0.606. The standard InChI is InChI=1S/C9H12O.C2H6/c1-4-7-8(5-2)9(10)6-3;1-2/h4-5,7H,1-2,6H2,3H3;1-2H3/b8-7+;. The maximum atomic E-state index is 10.9. The molecule has 0 atom stereocenters. The molecule has 0 rings (SSSR count). The number of hydrogen-bond acceptors (Lipinski definition) is 1. The van der Waals surface area contributed by atoms with Crippen molar-refractivity contribution in [1.82, 2.24) is 0 Å². The van der Waals surface area contributed by atoms with Gasteiger partial charge < -0.3 is 0 Å². The van der Waals surface area contributed by atoms with Crippen molar-refractivity contribution >= 4 is 5.78 Å². The molecule has 1 heteroatoms. The van der Waals surface area contributed by atoms with Crippen LogP contribution >= 0.6 is 0 Å². The minimum atomic E-state index is 0.106. The first-order valence-electron chi connectivity index (χ1n) is 4.24. The summed E-state index contributed by atoms with van der Waals surface area (Å²) in [6.07, 6.45) is 5.32. The third kappa shape index (κ3) is 5.66. The molecule has 0 spiro atoms. The molecule has 0 bridgehead atoms. The van der Waals surface area contributed by atoms with Gasteiger partial charge in [0.1, 0.15) is 0 Å². The van der Waals surface area contributed by atoms with Gasteiger partial charge in [-0.15, -0.1) is 0 Å². The highest BCUT2D eigenvalue weighted by Crippen LogP contribution is 2.00. The quantitative estimate of drug-likeness (QED) is 0.462. The van der Waals surface area contributed by atoms with Crippen LogP contribution in [0.15, 0.2) is 37.0 Å². The van der Waals surface area contributed by atoms with Crippen LogP contribution in [0.5, 0.6) is 0 Å². The molecule has 0 aliphatic carbocycles. The van der Waals surface area contributed by atoms with E-state index in [0.717, 1.165) is 0 Å². The van der Waals surface area contributed by atoms with Gasteiger partial charge in [-0.25, -0.2) is 0 Å². The summed E-state index contributed by atoms with van der Waals surface area (Å²) >= 11 is 0. The normalized spacial score (nSPS) is 9.42. The number of carbonyl (C=O) groups excluding carboxylic acids is 1. The van der Waals surface area contributed by atoms with Gasteiger partial charge in [0.05, 0.1) is 0 Å². The molecule has 1 nitrogen and oxygen atoms in total. The number of ketones is 1. The Morgan fingerprint density at radius 1 is 1.33 bits per heavy atom. The number of Topliss-reactive ketones (excluding diaryl/α,β-unsaturated/α-hetero) is 1. The summed E-state index contributed by atoms with van der Waals surface area (Å²) in [5, 5.41) is 0. The molecule has 0 aliphatic heterocycles. The van der Waals surface area contributed by atoms with Gasteiger partial charge in [0.2, 0.25) is 0 Å². The summed E-state index contributed by atoms with van der Waals surface area (Å²) in [6.45, 7) is 12.8. The Kier molecular flexibility index (Phi) is 11.1. The fraction of sp³-hybridized carbons (Fsp3) is 0.364. The Balaban J connectivity index is 0. The van der Waals surface area contributed by atoms with Gasteiger partial charge in [-0.3, -0.25) is 4.79 Å². The minimum absolute atomic E-state index is 0.106. The molecule has 0 N–H and O–H groups in total. The van der Waals surface area contributed by atoms with Gasteiger partial charge in [-0.05, 0) is 0 Å². The molecule has 0 aliphatic rings. The van der Waals surface area contributed by atoms with Crippen molar-refractivity contribution in [1.29, 1.82) is 0 Å². The van der Waals surface area contributed by atoms with E-state index in [1.54, 1.807) is 18.2 Å². The average Bonchev–Trinajstić information content (AvgIpc) is 2.16. The largest absolute Gasteiger partial charge is 0.294 e. The molecule has 0 unspecified atom stereocenters. The molecule has 0 heterocycles. The van der Waals surface area contributed by atoms with E-state index in [0.29, 0.717) is 12.0 Å². The molecule has 0 aromatic rings. The van der Waals surface area contributed by atoms with E-state index in [1.807, 2.05) is 20.8 Å². The maximum absolute atomic E-state index is 10.9. The second-order valence-electron chi connectivity index (χ2n) is 1.84. The van der Waals surface area contributed by atoms with Gasteiger partial charge in [-0.1, -0.05) is 52.2 Å². The van der Waals surface area contributed by atoms with Crippen LogP contribution in [0.1, 0.15) is 27.2 Å². The number of rotatable bonds is 4. The van der Waals surface area contributed by atoms with Crippen molar-refractivity contribution < 1.29 is 4.79 Å². The van der Waals surface area contributed by atoms with Gasteiger partial charge in [-0.2, -0.15) is 0 Å². The van der Waals surface area contributed by atoms with Gasteiger partial charge in [0, 0.05) is 12.0 Å².